The summed E-state index contributed by atoms with van der Waals surface area (Å²) in [6.45, 7) is 0. The van der Waals surface area contributed by atoms with E-state index in [0.717, 1.165) is 23.2 Å². The number of aromatic nitrogens is 1. The number of nitrogens with one attached hydrogen (secondary N) is 1. The van der Waals surface area contributed by atoms with Crippen LogP contribution in [0, 0.1) is 5.92 Å². The fourth-order valence-corrected chi connectivity index (χ4v) is 2.13. The largest absolute Gasteiger partial charge is 0.507 e. The van der Waals surface area contributed by atoms with Crippen LogP contribution in [0.1, 0.15) is 24.8 Å². The summed E-state index contributed by atoms with van der Waals surface area (Å²) in [6.07, 6.45) is 7.03. The molecule has 2 nitrogen and oxygen atoms in total. The summed E-state index contributed by atoms with van der Waals surface area (Å²) >= 11 is 0. The summed E-state index contributed by atoms with van der Waals surface area (Å²) < 4.78 is 0. The Morgan fingerprint density at radius 2 is 2.20 bits per heavy atom. The van der Waals surface area contributed by atoms with Gasteiger partial charge in [0.1, 0.15) is 5.75 Å². The SMILES string of the molecule is Oc1cc(CCC2CC2)cc2[nH]ccc12. The molecule has 0 unspecified atom stereocenters. The summed E-state index contributed by atoms with van der Waals surface area (Å²) in [4.78, 5) is 3.14. The predicted octanol–water partition coefficient (Wildman–Crippen LogP) is 3.22. The Labute approximate surface area is 88.9 Å². The van der Waals surface area contributed by atoms with Gasteiger partial charge in [0.05, 0.1) is 0 Å². The number of aryl methyl sites for hydroxylation is 1. The van der Waals surface area contributed by atoms with Gasteiger partial charge in [0.25, 0.3) is 0 Å². The Hall–Kier alpha value is -1.44. The van der Waals surface area contributed by atoms with Crippen LogP contribution in [0.2, 0.25) is 0 Å². The van der Waals surface area contributed by atoms with Crippen molar-refractivity contribution in [1.82, 2.24) is 4.98 Å². The third kappa shape index (κ3) is 1.72. The van der Waals surface area contributed by atoms with E-state index in [1.807, 2.05) is 18.3 Å². The van der Waals surface area contributed by atoms with Crippen molar-refractivity contribution < 1.29 is 5.11 Å². The number of H-pyrrole nitrogens is 1. The van der Waals surface area contributed by atoms with Crippen LogP contribution in [-0.2, 0) is 6.42 Å². The first-order valence-electron chi connectivity index (χ1n) is 5.62. The minimum Gasteiger partial charge on any atom is -0.507 e. The minimum atomic E-state index is 0.402. The number of hydrogen-bond acceptors (Lipinski definition) is 1. The van der Waals surface area contributed by atoms with E-state index in [1.54, 1.807) is 0 Å². The van der Waals surface area contributed by atoms with Gasteiger partial charge in [0.15, 0.2) is 0 Å². The number of benzene rings is 1. The van der Waals surface area contributed by atoms with E-state index in [0.29, 0.717) is 5.75 Å². The van der Waals surface area contributed by atoms with Crippen LogP contribution in [0.15, 0.2) is 24.4 Å². The maximum Gasteiger partial charge on any atom is 0.125 e. The van der Waals surface area contributed by atoms with Crippen LogP contribution < -0.4 is 0 Å². The highest BCUT2D eigenvalue weighted by atomic mass is 16.3. The third-order valence-corrected chi connectivity index (χ3v) is 3.24. The molecule has 2 heteroatoms. The molecule has 78 valence electrons. The predicted molar refractivity (Wildman–Crippen MR) is 61.0 cm³/mol. The first-order valence-corrected chi connectivity index (χ1v) is 5.62. The maximum atomic E-state index is 9.80. The Morgan fingerprint density at radius 1 is 1.33 bits per heavy atom. The van der Waals surface area contributed by atoms with Crippen LogP contribution in [0.5, 0.6) is 5.75 Å². The van der Waals surface area contributed by atoms with Crippen molar-refractivity contribution in [3.63, 3.8) is 0 Å². The average molecular weight is 201 g/mol. The van der Waals surface area contributed by atoms with E-state index < -0.39 is 0 Å². The minimum absolute atomic E-state index is 0.402. The van der Waals surface area contributed by atoms with Gasteiger partial charge in [0.2, 0.25) is 0 Å². The second-order valence-electron chi connectivity index (χ2n) is 4.54. The van der Waals surface area contributed by atoms with Crippen molar-refractivity contribution in [1.29, 1.82) is 0 Å². The molecule has 3 rings (SSSR count). The molecule has 1 heterocycles. The molecule has 0 atom stereocenters. The molecule has 0 aliphatic heterocycles. The lowest BCUT2D eigenvalue weighted by atomic mass is 10.1. The number of aromatic hydroxyl groups is 1. The van der Waals surface area contributed by atoms with Crippen molar-refractivity contribution in [2.24, 2.45) is 5.92 Å². The molecule has 0 amide bonds. The van der Waals surface area contributed by atoms with Crippen LogP contribution in [0.3, 0.4) is 0 Å². The fraction of sp³-hybridized carbons (Fsp3) is 0.385. The summed E-state index contributed by atoms with van der Waals surface area (Å²) in [5.74, 6) is 1.35. The second-order valence-corrected chi connectivity index (χ2v) is 4.54. The quantitative estimate of drug-likeness (QED) is 0.785. The fourth-order valence-electron chi connectivity index (χ4n) is 2.13. The zero-order chi connectivity index (χ0) is 10.3. The molecule has 1 aliphatic carbocycles. The van der Waals surface area contributed by atoms with Crippen LogP contribution >= 0.6 is 0 Å². The Morgan fingerprint density at radius 3 is 3.00 bits per heavy atom. The lowest BCUT2D eigenvalue weighted by Crippen LogP contribution is -1.87. The molecule has 15 heavy (non-hydrogen) atoms. The normalized spacial score (nSPS) is 16.0. The topological polar surface area (TPSA) is 36.0 Å². The highest BCUT2D eigenvalue weighted by molar-refractivity contribution is 5.86. The number of phenolic OH excluding ortho intramolecular Hbond substituents is 1. The summed E-state index contributed by atoms with van der Waals surface area (Å²) in [5.41, 5.74) is 2.29. The molecule has 0 saturated heterocycles. The maximum absolute atomic E-state index is 9.80. The molecule has 0 radical (unpaired) electrons. The van der Waals surface area contributed by atoms with Crippen LogP contribution in [0.4, 0.5) is 0 Å². The van der Waals surface area contributed by atoms with E-state index in [9.17, 15) is 5.11 Å². The molecule has 1 fully saturated rings. The van der Waals surface area contributed by atoms with Gasteiger partial charge in [-0.25, -0.2) is 0 Å². The van der Waals surface area contributed by atoms with Gasteiger partial charge in [-0.05, 0) is 42.5 Å². The first-order chi connectivity index (χ1) is 7.33. The van der Waals surface area contributed by atoms with E-state index in [1.165, 1.54) is 24.8 Å². The van der Waals surface area contributed by atoms with Crippen molar-refractivity contribution in [3.8, 4) is 5.75 Å². The average Bonchev–Trinajstić information content (AvgIpc) is 2.93. The molecule has 1 aromatic carbocycles. The van der Waals surface area contributed by atoms with Gasteiger partial charge in [-0.3, -0.25) is 0 Å². The number of rotatable bonds is 3. The molecular formula is C13H15NO. The van der Waals surface area contributed by atoms with Crippen molar-refractivity contribution >= 4 is 10.9 Å². The molecule has 0 spiro atoms. The molecule has 1 aromatic heterocycles. The van der Waals surface area contributed by atoms with Crippen LogP contribution in [0.25, 0.3) is 10.9 Å². The third-order valence-electron chi connectivity index (χ3n) is 3.24. The number of phenols is 1. The molecule has 0 bridgehead atoms. The van der Waals surface area contributed by atoms with E-state index in [-0.39, 0.29) is 0 Å². The molecular weight excluding hydrogens is 186 g/mol. The van der Waals surface area contributed by atoms with E-state index >= 15 is 0 Å². The van der Waals surface area contributed by atoms with Gasteiger partial charge in [-0.2, -0.15) is 0 Å². The summed E-state index contributed by atoms with van der Waals surface area (Å²) in [6, 6.07) is 5.96. The highest BCUT2D eigenvalue weighted by Gasteiger charge is 2.20. The molecule has 2 aromatic rings. The van der Waals surface area contributed by atoms with Gasteiger partial charge >= 0.3 is 0 Å². The second kappa shape index (κ2) is 3.30. The molecule has 1 saturated carbocycles. The van der Waals surface area contributed by atoms with E-state index in [4.69, 9.17) is 0 Å². The lowest BCUT2D eigenvalue weighted by Gasteiger charge is -2.02. The Kier molecular flexibility index (Phi) is 1.94. The van der Waals surface area contributed by atoms with Gasteiger partial charge < -0.3 is 10.1 Å². The monoisotopic (exact) mass is 201 g/mol. The Bertz CT molecular complexity index is 482. The Balaban J connectivity index is 1.89. The number of aromatic amines is 1. The van der Waals surface area contributed by atoms with E-state index in [2.05, 4.69) is 11.1 Å². The number of hydrogen-bond donors (Lipinski definition) is 2. The molecule has 2 N–H and O–H groups in total. The van der Waals surface area contributed by atoms with Gasteiger partial charge in [-0.15, -0.1) is 0 Å². The van der Waals surface area contributed by atoms with Crippen molar-refractivity contribution in [3.05, 3.63) is 30.0 Å². The van der Waals surface area contributed by atoms with Gasteiger partial charge in [0, 0.05) is 17.1 Å². The summed E-state index contributed by atoms with van der Waals surface area (Å²) in [7, 11) is 0. The zero-order valence-electron chi connectivity index (χ0n) is 8.66. The van der Waals surface area contributed by atoms with Crippen molar-refractivity contribution in [2.75, 3.05) is 0 Å². The first kappa shape index (κ1) is 8.84. The smallest absolute Gasteiger partial charge is 0.125 e. The lowest BCUT2D eigenvalue weighted by molar-refractivity contribution is 0.481. The molecule has 1 aliphatic rings. The highest BCUT2D eigenvalue weighted by Crippen LogP contribution is 2.34. The van der Waals surface area contributed by atoms with Crippen molar-refractivity contribution in [2.45, 2.75) is 25.7 Å². The van der Waals surface area contributed by atoms with Gasteiger partial charge in [-0.1, -0.05) is 12.8 Å². The zero-order valence-corrected chi connectivity index (χ0v) is 8.66. The number of fused-ring (bicyclic) bond motifs is 1. The standard InChI is InChI=1S/C13H15NO/c15-13-8-10(4-3-9-1-2-9)7-12-11(13)5-6-14-12/h5-9,14-15H,1-4H2. The van der Waals surface area contributed by atoms with Crippen LogP contribution in [-0.4, -0.2) is 10.1 Å². The summed E-state index contributed by atoms with van der Waals surface area (Å²) in [5, 5.41) is 10.7.